The van der Waals surface area contributed by atoms with Crippen LogP contribution in [0.25, 0.3) is 21.5 Å². The molecule has 30 heavy (non-hydrogen) atoms. The smallest absolute Gasteiger partial charge is 0.259 e. The van der Waals surface area contributed by atoms with Crippen molar-refractivity contribution in [2.75, 3.05) is 0 Å². The molecule has 0 bridgehead atoms. The summed E-state index contributed by atoms with van der Waals surface area (Å²) in [5.41, 5.74) is 3.92. The van der Waals surface area contributed by atoms with Gasteiger partial charge in [-0.3, -0.25) is 4.79 Å². The number of benzene rings is 1. The summed E-state index contributed by atoms with van der Waals surface area (Å²) in [4.78, 5) is 31.8. The molecule has 0 fully saturated rings. The van der Waals surface area contributed by atoms with Gasteiger partial charge in [0.15, 0.2) is 5.16 Å². The van der Waals surface area contributed by atoms with E-state index in [1.165, 1.54) is 28.6 Å². The summed E-state index contributed by atoms with van der Waals surface area (Å²) in [7, 11) is 0. The first-order chi connectivity index (χ1) is 14.6. The largest absolute Gasteiger partial charge is 0.309 e. The fourth-order valence-corrected chi connectivity index (χ4v) is 5.97. The number of aryl methyl sites for hydroxylation is 3. The Kier molecular flexibility index (Phi) is 5.35. The molecule has 0 radical (unpaired) electrons. The number of fused-ring (bicyclic) bond motifs is 3. The summed E-state index contributed by atoms with van der Waals surface area (Å²) in [6, 6.07) is 9.56. The van der Waals surface area contributed by atoms with E-state index in [1.807, 2.05) is 37.3 Å². The number of halogens is 1. The summed E-state index contributed by atoms with van der Waals surface area (Å²) < 4.78 is 0. The number of thiophene rings is 1. The molecule has 8 heteroatoms. The molecule has 5 rings (SSSR count). The van der Waals surface area contributed by atoms with E-state index < -0.39 is 0 Å². The molecular weight excluding hydrogens is 436 g/mol. The second-order valence-corrected chi connectivity index (χ2v) is 9.84. The van der Waals surface area contributed by atoms with Crippen molar-refractivity contribution >= 4 is 44.9 Å². The van der Waals surface area contributed by atoms with Gasteiger partial charge in [-0.05, 0) is 56.4 Å². The zero-order valence-corrected chi connectivity index (χ0v) is 18.8. The molecule has 152 valence electrons. The Labute approximate surface area is 187 Å². The second kappa shape index (κ2) is 8.13. The molecule has 1 aromatic carbocycles. The monoisotopic (exact) mass is 454 g/mol. The number of hydrogen-bond acceptors (Lipinski definition) is 6. The molecule has 1 aliphatic carbocycles. The van der Waals surface area contributed by atoms with Crippen LogP contribution in [0.4, 0.5) is 0 Å². The molecule has 5 nitrogen and oxygen atoms in total. The van der Waals surface area contributed by atoms with E-state index in [4.69, 9.17) is 16.6 Å². The fraction of sp³-hybridized carbons (Fsp3) is 0.273. The zero-order valence-electron chi connectivity index (χ0n) is 16.4. The van der Waals surface area contributed by atoms with Gasteiger partial charge in [-0.25, -0.2) is 15.0 Å². The first-order valence-electron chi connectivity index (χ1n) is 9.85. The van der Waals surface area contributed by atoms with Crippen molar-refractivity contribution in [1.82, 2.24) is 19.9 Å². The Morgan fingerprint density at radius 3 is 2.77 bits per heavy atom. The highest BCUT2D eigenvalue weighted by molar-refractivity contribution is 7.98. The summed E-state index contributed by atoms with van der Waals surface area (Å²) >= 11 is 9.14. The van der Waals surface area contributed by atoms with Crippen molar-refractivity contribution in [3.63, 3.8) is 0 Å². The van der Waals surface area contributed by atoms with Crippen LogP contribution in [0.2, 0.25) is 5.02 Å². The van der Waals surface area contributed by atoms with Gasteiger partial charge in [0.1, 0.15) is 10.7 Å². The topological polar surface area (TPSA) is 71.5 Å². The van der Waals surface area contributed by atoms with Crippen LogP contribution in [-0.2, 0) is 18.6 Å². The van der Waals surface area contributed by atoms with Gasteiger partial charge in [-0.1, -0.05) is 35.5 Å². The first-order valence-corrected chi connectivity index (χ1v) is 12.0. The van der Waals surface area contributed by atoms with E-state index in [0.29, 0.717) is 21.8 Å². The lowest BCUT2D eigenvalue weighted by atomic mass is 9.97. The Balaban J connectivity index is 1.41. The van der Waals surface area contributed by atoms with E-state index in [-0.39, 0.29) is 5.56 Å². The third-order valence-electron chi connectivity index (χ3n) is 5.19. The number of nitrogens with one attached hydrogen (secondary N) is 1. The third kappa shape index (κ3) is 3.89. The lowest BCUT2D eigenvalue weighted by Crippen LogP contribution is -2.12. The SMILES string of the molecule is Cc1cc(-c2ccc(Cl)cc2)nc(SCc2nc3sc4c(c3c(=O)[nH]2)CCCC4)n1. The molecule has 3 heterocycles. The predicted octanol–water partition coefficient (Wildman–Crippen LogP) is 5.57. The highest BCUT2D eigenvalue weighted by atomic mass is 35.5. The molecule has 0 amide bonds. The lowest BCUT2D eigenvalue weighted by molar-refractivity contribution is 0.700. The van der Waals surface area contributed by atoms with Gasteiger partial charge in [-0.15, -0.1) is 11.3 Å². The second-order valence-electron chi connectivity index (χ2n) is 7.38. The number of nitrogens with zero attached hydrogens (tertiary/aromatic N) is 3. The summed E-state index contributed by atoms with van der Waals surface area (Å²) in [5, 5.41) is 2.15. The molecule has 1 N–H and O–H groups in total. The maximum atomic E-state index is 12.7. The van der Waals surface area contributed by atoms with E-state index in [9.17, 15) is 4.79 Å². The summed E-state index contributed by atoms with van der Waals surface area (Å²) in [6.45, 7) is 1.95. The molecule has 0 saturated carbocycles. The van der Waals surface area contributed by atoms with Crippen LogP contribution >= 0.6 is 34.7 Å². The molecule has 0 aliphatic heterocycles. The molecule has 3 aromatic heterocycles. The number of H-pyrrole nitrogens is 1. The van der Waals surface area contributed by atoms with Crippen molar-refractivity contribution in [3.8, 4) is 11.3 Å². The maximum Gasteiger partial charge on any atom is 0.259 e. The fourth-order valence-electron chi connectivity index (χ4n) is 3.78. The summed E-state index contributed by atoms with van der Waals surface area (Å²) in [6.07, 6.45) is 4.39. The Morgan fingerprint density at radius 2 is 1.93 bits per heavy atom. The van der Waals surface area contributed by atoms with Crippen LogP contribution in [0, 0.1) is 6.92 Å². The number of thioether (sulfide) groups is 1. The Morgan fingerprint density at radius 1 is 1.13 bits per heavy atom. The minimum Gasteiger partial charge on any atom is -0.309 e. The lowest BCUT2D eigenvalue weighted by Gasteiger charge is -2.09. The van der Waals surface area contributed by atoms with Crippen LogP contribution in [0.3, 0.4) is 0 Å². The minimum atomic E-state index is -0.0259. The van der Waals surface area contributed by atoms with Crippen molar-refractivity contribution in [2.45, 2.75) is 43.5 Å². The summed E-state index contributed by atoms with van der Waals surface area (Å²) in [5.74, 6) is 1.17. The average Bonchev–Trinajstić information content (AvgIpc) is 3.11. The highest BCUT2D eigenvalue weighted by Crippen LogP contribution is 2.34. The van der Waals surface area contributed by atoms with Gasteiger partial charge in [0.05, 0.1) is 16.8 Å². The molecule has 1 aliphatic rings. The van der Waals surface area contributed by atoms with Gasteiger partial charge in [-0.2, -0.15) is 0 Å². The van der Waals surface area contributed by atoms with Gasteiger partial charge >= 0.3 is 0 Å². The first kappa shape index (κ1) is 19.7. The maximum absolute atomic E-state index is 12.7. The standard InChI is InChI=1S/C22H19ClN4OS2/c1-12-10-16(13-6-8-14(23)9-7-13)25-22(24-12)29-11-18-26-20(28)19-15-4-2-3-5-17(15)30-21(19)27-18/h6-10H,2-5,11H2,1H3,(H,26,27,28). The van der Waals surface area contributed by atoms with Gasteiger partial charge in [0.25, 0.3) is 5.56 Å². The van der Waals surface area contributed by atoms with Crippen LogP contribution in [0.1, 0.15) is 34.8 Å². The zero-order chi connectivity index (χ0) is 20.7. The molecule has 0 unspecified atom stereocenters. The van der Waals surface area contributed by atoms with Crippen LogP contribution < -0.4 is 5.56 Å². The normalized spacial score (nSPS) is 13.5. The molecule has 4 aromatic rings. The van der Waals surface area contributed by atoms with Crippen molar-refractivity contribution < 1.29 is 0 Å². The Hall–Kier alpha value is -2.22. The van der Waals surface area contributed by atoms with Gasteiger partial charge < -0.3 is 4.98 Å². The Bertz CT molecular complexity index is 1300. The van der Waals surface area contributed by atoms with E-state index >= 15 is 0 Å². The minimum absolute atomic E-state index is 0.0259. The molecular formula is C22H19ClN4OS2. The number of rotatable bonds is 4. The van der Waals surface area contributed by atoms with E-state index in [1.54, 1.807) is 11.3 Å². The van der Waals surface area contributed by atoms with E-state index in [2.05, 4.69) is 15.0 Å². The van der Waals surface area contributed by atoms with Crippen LogP contribution in [0.5, 0.6) is 0 Å². The number of aromatic amines is 1. The molecule has 0 atom stereocenters. The number of hydrogen-bond donors (Lipinski definition) is 1. The molecule has 0 saturated heterocycles. The van der Waals surface area contributed by atoms with Crippen molar-refractivity contribution in [2.24, 2.45) is 0 Å². The van der Waals surface area contributed by atoms with Crippen LogP contribution in [0.15, 0.2) is 40.3 Å². The third-order valence-corrected chi connectivity index (χ3v) is 7.48. The number of aromatic nitrogens is 4. The van der Waals surface area contributed by atoms with Crippen molar-refractivity contribution in [3.05, 3.63) is 67.7 Å². The van der Waals surface area contributed by atoms with Gasteiger partial charge in [0.2, 0.25) is 0 Å². The van der Waals surface area contributed by atoms with Gasteiger partial charge in [0, 0.05) is 21.2 Å². The van der Waals surface area contributed by atoms with Crippen molar-refractivity contribution in [1.29, 1.82) is 0 Å². The predicted molar refractivity (Wildman–Crippen MR) is 124 cm³/mol. The van der Waals surface area contributed by atoms with Crippen LogP contribution in [-0.4, -0.2) is 19.9 Å². The average molecular weight is 455 g/mol. The highest BCUT2D eigenvalue weighted by Gasteiger charge is 2.20. The van der Waals surface area contributed by atoms with E-state index in [0.717, 1.165) is 46.4 Å². The molecule has 0 spiro atoms. The quantitative estimate of drug-likeness (QED) is 0.322.